The third-order valence-electron chi connectivity index (χ3n) is 2.01. The molecule has 1 atom stereocenters. The molecular weight excluding hydrogens is 234 g/mol. The summed E-state index contributed by atoms with van der Waals surface area (Å²) in [5.74, 6) is -0.730. The smallest absolute Gasteiger partial charge is 0.320 e. The monoisotopic (exact) mass is 241 g/mol. The van der Waals surface area contributed by atoms with Gasteiger partial charge in [0.1, 0.15) is 11.2 Å². The van der Waals surface area contributed by atoms with Gasteiger partial charge in [0.05, 0.1) is 0 Å². The molecule has 0 saturated heterocycles. The van der Waals surface area contributed by atoms with Crippen molar-refractivity contribution in [1.82, 2.24) is 19.8 Å². The van der Waals surface area contributed by atoms with Gasteiger partial charge in [-0.25, -0.2) is 0 Å². The van der Waals surface area contributed by atoms with Gasteiger partial charge in [-0.1, -0.05) is 11.6 Å². The first-order chi connectivity index (χ1) is 7.58. The summed E-state index contributed by atoms with van der Waals surface area (Å²) in [5.41, 5.74) is 5.89. The minimum absolute atomic E-state index is 0.0455. The van der Waals surface area contributed by atoms with Gasteiger partial charge < -0.3 is 10.8 Å². The van der Waals surface area contributed by atoms with Crippen molar-refractivity contribution in [2.24, 2.45) is 5.73 Å². The van der Waals surface area contributed by atoms with E-state index in [0.717, 1.165) is 0 Å². The van der Waals surface area contributed by atoms with Gasteiger partial charge in [-0.05, 0) is 12.1 Å². The molecule has 0 fully saturated rings. The van der Waals surface area contributed by atoms with Gasteiger partial charge in [0.15, 0.2) is 11.5 Å². The van der Waals surface area contributed by atoms with Crippen LogP contribution in [-0.2, 0) is 11.2 Å². The summed E-state index contributed by atoms with van der Waals surface area (Å²) in [6.07, 6.45) is 0.0455. The molecule has 84 valence electrons. The fourth-order valence-electron chi connectivity index (χ4n) is 1.22. The lowest BCUT2D eigenvalue weighted by Crippen LogP contribution is -2.33. The van der Waals surface area contributed by atoms with Gasteiger partial charge in [0.25, 0.3) is 0 Å². The molecular formula is C8H8ClN5O2. The molecule has 2 heterocycles. The van der Waals surface area contributed by atoms with E-state index in [4.69, 9.17) is 22.4 Å². The van der Waals surface area contributed by atoms with Crippen molar-refractivity contribution in [2.45, 2.75) is 12.5 Å². The Morgan fingerprint density at radius 1 is 1.56 bits per heavy atom. The number of aliphatic carboxylic acids is 1. The van der Waals surface area contributed by atoms with Crippen molar-refractivity contribution in [2.75, 3.05) is 0 Å². The summed E-state index contributed by atoms with van der Waals surface area (Å²) < 4.78 is 1.38. The Labute approximate surface area is 94.8 Å². The molecule has 1 unspecified atom stereocenters. The van der Waals surface area contributed by atoms with Gasteiger partial charge >= 0.3 is 5.97 Å². The highest BCUT2D eigenvalue weighted by Crippen LogP contribution is 2.08. The molecule has 0 aromatic carbocycles. The van der Waals surface area contributed by atoms with Crippen molar-refractivity contribution in [3.05, 3.63) is 23.1 Å². The van der Waals surface area contributed by atoms with Gasteiger partial charge in [-0.2, -0.15) is 9.61 Å². The van der Waals surface area contributed by atoms with Crippen LogP contribution in [0.4, 0.5) is 0 Å². The summed E-state index contributed by atoms with van der Waals surface area (Å²) in [7, 11) is 0. The number of carboxylic acids is 1. The number of fused-ring (bicyclic) bond motifs is 1. The zero-order chi connectivity index (χ0) is 11.7. The minimum atomic E-state index is -1.10. The lowest BCUT2D eigenvalue weighted by molar-refractivity contribution is -0.138. The molecule has 7 nitrogen and oxygen atoms in total. The Morgan fingerprint density at radius 2 is 2.31 bits per heavy atom. The Hall–Kier alpha value is -1.73. The number of halogens is 1. The molecule has 0 aliphatic heterocycles. The topological polar surface area (TPSA) is 106 Å². The maximum absolute atomic E-state index is 10.6. The predicted octanol–water partition coefficient (Wildman–Crippen LogP) is -0.268. The Balaban J connectivity index is 2.37. The maximum atomic E-state index is 10.6. The average molecular weight is 242 g/mol. The standard InChI is InChI=1S/C8H8ClN5O2/c9-5-1-2-6-11-12-7(14(6)13-5)3-4(10)8(15)16/h1-2,4H,3,10H2,(H,15,16). The first-order valence-corrected chi connectivity index (χ1v) is 4.81. The van der Waals surface area contributed by atoms with Crippen LogP contribution in [-0.4, -0.2) is 36.9 Å². The molecule has 16 heavy (non-hydrogen) atoms. The van der Waals surface area contributed by atoms with Crippen LogP contribution in [0.25, 0.3) is 5.65 Å². The summed E-state index contributed by atoms with van der Waals surface area (Å²) >= 11 is 5.71. The maximum Gasteiger partial charge on any atom is 0.320 e. The zero-order valence-electron chi connectivity index (χ0n) is 8.04. The Morgan fingerprint density at radius 3 is 3.00 bits per heavy atom. The van der Waals surface area contributed by atoms with E-state index in [0.29, 0.717) is 11.5 Å². The lowest BCUT2D eigenvalue weighted by Gasteiger charge is -2.03. The first-order valence-electron chi connectivity index (χ1n) is 4.43. The molecule has 0 radical (unpaired) electrons. The normalized spacial score (nSPS) is 12.9. The quantitative estimate of drug-likeness (QED) is 0.766. The molecule has 2 rings (SSSR count). The molecule has 0 aliphatic rings. The van der Waals surface area contributed by atoms with Gasteiger partial charge in [0, 0.05) is 6.42 Å². The van der Waals surface area contributed by atoms with E-state index in [2.05, 4.69) is 15.3 Å². The summed E-state index contributed by atoms with van der Waals surface area (Å²) in [5, 5.41) is 20.5. The summed E-state index contributed by atoms with van der Waals surface area (Å²) in [6.45, 7) is 0. The first kappa shape index (κ1) is 10.8. The highest BCUT2D eigenvalue weighted by Gasteiger charge is 2.16. The van der Waals surface area contributed by atoms with E-state index in [1.54, 1.807) is 12.1 Å². The number of nitrogens with two attached hydrogens (primary N) is 1. The van der Waals surface area contributed by atoms with Crippen LogP contribution >= 0.6 is 11.6 Å². The molecule has 0 spiro atoms. The third-order valence-corrected chi connectivity index (χ3v) is 2.22. The van der Waals surface area contributed by atoms with Crippen molar-refractivity contribution in [3.8, 4) is 0 Å². The van der Waals surface area contributed by atoms with E-state index in [1.807, 2.05) is 0 Å². The predicted molar refractivity (Wildman–Crippen MR) is 55.1 cm³/mol. The molecule has 0 amide bonds. The number of carbonyl (C=O) groups is 1. The van der Waals surface area contributed by atoms with Gasteiger partial charge in [0.2, 0.25) is 0 Å². The number of aromatic nitrogens is 4. The van der Waals surface area contributed by atoms with Crippen LogP contribution in [0, 0.1) is 0 Å². The molecule has 2 aromatic heterocycles. The van der Waals surface area contributed by atoms with Crippen molar-refractivity contribution >= 4 is 23.2 Å². The van der Waals surface area contributed by atoms with Crippen LogP contribution in [0.5, 0.6) is 0 Å². The SMILES string of the molecule is NC(Cc1nnc2ccc(Cl)nn12)C(=O)O. The minimum Gasteiger partial charge on any atom is -0.480 e. The van der Waals surface area contributed by atoms with Gasteiger partial charge in [-0.3, -0.25) is 4.79 Å². The number of carboxylic acid groups (broad SMARTS) is 1. The Kier molecular flexibility index (Phi) is 2.71. The molecule has 0 bridgehead atoms. The second-order valence-electron chi connectivity index (χ2n) is 3.19. The second-order valence-corrected chi connectivity index (χ2v) is 3.58. The fraction of sp³-hybridized carbons (Fsp3) is 0.250. The molecule has 0 saturated carbocycles. The van der Waals surface area contributed by atoms with Crippen molar-refractivity contribution in [1.29, 1.82) is 0 Å². The number of hydrogen-bond acceptors (Lipinski definition) is 5. The van der Waals surface area contributed by atoms with Crippen LogP contribution in [0.2, 0.25) is 5.15 Å². The van der Waals surface area contributed by atoms with Crippen LogP contribution in [0.15, 0.2) is 12.1 Å². The van der Waals surface area contributed by atoms with Crippen molar-refractivity contribution < 1.29 is 9.90 Å². The van der Waals surface area contributed by atoms with E-state index in [9.17, 15) is 4.79 Å². The fourth-order valence-corrected chi connectivity index (χ4v) is 1.36. The largest absolute Gasteiger partial charge is 0.480 e. The number of hydrogen-bond donors (Lipinski definition) is 2. The van der Waals surface area contributed by atoms with Crippen LogP contribution in [0.1, 0.15) is 5.82 Å². The summed E-state index contributed by atoms with van der Waals surface area (Å²) in [4.78, 5) is 10.6. The molecule has 2 aromatic rings. The highest BCUT2D eigenvalue weighted by molar-refractivity contribution is 6.29. The van der Waals surface area contributed by atoms with E-state index < -0.39 is 12.0 Å². The van der Waals surface area contributed by atoms with E-state index in [-0.39, 0.29) is 11.6 Å². The zero-order valence-corrected chi connectivity index (χ0v) is 8.79. The van der Waals surface area contributed by atoms with E-state index >= 15 is 0 Å². The number of nitrogens with zero attached hydrogens (tertiary/aromatic N) is 4. The molecule has 3 N–H and O–H groups in total. The van der Waals surface area contributed by atoms with Crippen molar-refractivity contribution in [3.63, 3.8) is 0 Å². The second kappa shape index (κ2) is 4.03. The lowest BCUT2D eigenvalue weighted by atomic mass is 10.2. The molecule has 8 heteroatoms. The van der Waals surface area contributed by atoms with Gasteiger partial charge in [-0.15, -0.1) is 10.2 Å². The third kappa shape index (κ3) is 1.95. The number of rotatable bonds is 3. The molecule has 0 aliphatic carbocycles. The Bertz CT molecular complexity index is 540. The average Bonchev–Trinajstić information content (AvgIpc) is 2.61. The highest BCUT2D eigenvalue weighted by atomic mass is 35.5. The van der Waals surface area contributed by atoms with E-state index in [1.165, 1.54) is 4.52 Å². The van der Waals surface area contributed by atoms with Crippen LogP contribution < -0.4 is 5.73 Å². The van der Waals surface area contributed by atoms with Crippen LogP contribution in [0.3, 0.4) is 0 Å². The summed E-state index contributed by atoms with van der Waals surface area (Å²) in [6, 6.07) is 2.18.